The Balaban J connectivity index is 0.000000296. The fourth-order valence-electron chi connectivity index (χ4n) is 1.99. The number of imidazole rings is 1. The number of hydrogen-bond acceptors (Lipinski definition) is 7. The molecule has 0 saturated heterocycles. The van der Waals surface area contributed by atoms with Crippen LogP contribution in [0.15, 0.2) is 40.9 Å². The number of carbonyl (C=O) groups is 2. The molecule has 2 amide bonds. The molecule has 11 nitrogen and oxygen atoms in total. The topological polar surface area (TPSA) is 153 Å². The van der Waals surface area contributed by atoms with Crippen LogP contribution in [-0.2, 0) is 6.54 Å². The number of hydrogen-bond donors (Lipinski definition) is 5. The summed E-state index contributed by atoms with van der Waals surface area (Å²) in [5, 5.41) is 11.8. The van der Waals surface area contributed by atoms with Crippen LogP contribution in [0.25, 0.3) is 0 Å². The van der Waals surface area contributed by atoms with Crippen molar-refractivity contribution in [1.82, 2.24) is 31.1 Å². The number of aromatic nitrogens is 2. The van der Waals surface area contributed by atoms with Crippen LogP contribution in [0.5, 0.6) is 0 Å². The highest BCUT2D eigenvalue weighted by Gasteiger charge is 2.10. The molecule has 1 heterocycles. The first-order chi connectivity index (χ1) is 13.7. The second-order valence-electron chi connectivity index (χ2n) is 6.43. The summed E-state index contributed by atoms with van der Waals surface area (Å²) < 4.78 is 0. The first-order valence-electron chi connectivity index (χ1n) is 8.96. The largest absolute Gasteiger partial charge is 0.364 e. The molecule has 1 aromatic heterocycles. The molecule has 0 aliphatic heterocycles. The molecule has 11 heteroatoms. The van der Waals surface area contributed by atoms with E-state index in [1.54, 1.807) is 14.1 Å². The van der Waals surface area contributed by atoms with Crippen LogP contribution in [-0.4, -0.2) is 54.0 Å². The zero-order chi connectivity index (χ0) is 21.8. The predicted molar refractivity (Wildman–Crippen MR) is 110 cm³/mol. The Kier molecular flexibility index (Phi) is 9.99. The van der Waals surface area contributed by atoms with E-state index in [1.807, 2.05) is 45.2 Å². The van der Waals surface area contributed by atoms with E-state index in [1.165, 1.54) is 11.3 Å². The molecule has 0 aliphatic carbocycles. The van der Waals surface area contributed by atoms with E-state index < -0.39 is 5.91 Å². The second kappa shape index (κ2) is 12.2. The number of hydrazine groups is 1. The lowest BCUT2D eigenvalue weighted by atomic mass is 10.1. The van der Waals surface area contributed by atoms with E-state index in [9.17, 15) is 9.59 Å². The second-order valence-corrected chi connectivity index (χ2v) is 6.43. The average Bonchev–Trinajstić information content (AvgIpc) is 3.14. The van der Waals surface area contributed by atoms with Crippen molar-refractivity contribution < 1.29 is 9.59 Å². The third kappa shape index (κ3) is 8.95. The Labute approximate surface area is 170 Å². The number of H-pyrrole nitrogens is 1. The van der Waals surface area contributed by atoms with E-state index in [0.29, 0.717) is 5.56 Å². The molecule has 0 spiro atoms. The number of aromatic amines is 1. The smallest absolute Gasteiger partial charge is 0.271 e. The number of benzene rings is 1. The van der Waals surface area contributed by atoms with Gasteiger partial charge in [0.15, 0.2) is 11.5 Å². The molecule has 0 atom stereocenters. The van der Waals surface area contributed by atoms with Crippen LogP contribution in [0.2, 0.25) is 0 Å². The molecule has 0 bridgehead atoms. The lowest BCUT2D eigenvalue weighted by Crippen LogP contribution is -2.30. The number of amides is 2. The number of nitrogens with one attached hydrogen (secondary N) is 4. The Morgan fingerprint density at radius 3 is 2.41 bits per heavy atom. The molecular weight excluding hydrogens is 374 g/mol. The first-order valence-corrected chi connectivity index (χ1v) is 8.96. The number of rotatable bonds is 8. The number of nitrogens with two attached hydrogens (primary N) is 1. The zero-order valence-corrected chi connectivity index (χ0v) is 17.4. The number of primary amides is 1. The van der Waals surface area contributed by atoms with Crippen LogP contribution in [0.4, 0.5) is 5.82 Å². The van der Waals surface area contributed by atoms with Crippen LogP contribution in [0, 0.1) is 0 Å². The van der Waals surface area contributed by atoms with Gasteiger partial charge in [-0.15, -0.1) is 5.11 Å². The maximum absolute atomic E-state index is 11.6. The summed E-state index contributed by atoms with van der Waals surface area (Å²) in [7, 11) is 5.25. The van der Waals surface area contributed by atoms with Crippen LogP contribution in [0.1, 0.15) is 40.3 Å². The molecule has 29 heavy (non-hydrogen) atoms. The van der Waals surface area contributed by atoms with Crippen molar-refractivity contribution in [3.8, 4) is 0 Å². The Morgan fingerprint density at radius 2 is 1.90 bits per heavy atom. The van der Waals surface area contributed by atoms with E-state index in [-0.39, 0.29) is 23.5 Å². The minimum absolute atomic E-state index is 0.0249. The van der Waals surface area contributed by atoms with Gasteiger partial charge in [0.05, 0.1) is 6.33 Å². The van der Waals surface area contributed by atoms with Gasteiger partial charge in [-0.1, -0.05) is 17.4 Å². The Morgan fingerprint density at radius 1 is 1.24 bits per heavy atom. The van der Waals surface area contributed by atoms with Gasteiger partial charge in [-0.25, -0.2) is 4.98 Å². The lowest BCUT2D eigenvalue weighted by Gasteiger charge is -2.09. The van der Waals surface area contributed by atoms with Crippen molar-refractivity contribution in [3.05, 3.63) is 47.4 Å². The normalized spacial score (nSPS) is 10.6. The van der Waals surface area contributed by atoms with Gasteiger partial charge in [0.2, 0.25) is 0 Å². The van der Waals surface area contributed by atoms with Crippen molar-refractivity contribution in [2.24, 2.45) is 16.1 Å². The van der Waals surface area contributed by atoms with Gasteiger partial charge in [0, 0.05) is 32.2 Å². The van der Waals surface area contributed by atoms with Crippen molar-refractivity contribution in [3.63, 3.8) is 0 Å². The molecular formula is C18H29N9O2. The summed E-state index contributed by atoms with van der Waals surface area (Å²) in [6, 6.07) is 7.73. The highest BCUT2D eigenvalue weighted by atomic mass is 16.2. The van der Waals surface area contributed by atoms with Gasteiger partial charge < -0.3 is 16.0 Å². The van der Waals surface area contributed by atoms with Gasteiger partial charge in [0.1, 0.15) is 0 Å². The van der Waals surface area contributed by atoms with Crippen molar-refractivity contribution in [2.45, 2.75) is 26.4 Å². The minimum atomic E-state index is -0.631. The molecule has 0 saturated carbocycles. The summed E-state index contributed by atoms with van der Waals surface area (Å²) >= 11 is 0. The maximum Gasteiger partial charge on any atom is 0.271 e. The molecule has 1 aromatic carbocycles. The highest BCUT2D eigenvalue weighted by Crippen LogP contribution is 2.12. The molecule has 2 aromatic rings. The fourth-order valence-corrected chi connectivity index (χ4v) is 1.99. The molecule has 0 aliphatic rings. The lowest BCUT2D eigenvalue weighted by molar-refractivity contribution is 0.0942. The Hall–Kier alpha value is -3.31. The standard InChI is InChI=1S/C12H19N3O.C6H10N6O/c1-9(2)15-12(16)11-6-4-10(5-7-11)8-14-13-3;1-12(2)11-10-6-4(5(7)13)8-3-9-6/h4-7,9,13-14H,8H2,1-3H3,(H,15,16);3H,1-2H3,(H2,7,13)(H,8,9)/b;11-10+. The van der Waals surface area contributed by atoms with Gasteiger partial charge in [-0.05, 0) is 38.6 Å². The van der Waals surface area contributed by atoms with Gasteiger partial charge in [-0.2, -0.15) is 0 Å². The quantitative estimate of drug-likeness (QED) is 0.329. The zero-order valence-electron chi connectivity index (χ0n) is 17.4. The third-order valence-electron chi connectivity index (χ3n) is 3.28. The summed E-state index contributed by atoms with van der Waals surface area (Å²) in [5.41, 5.74) is 12.8. The van der Waals surface area contributed by atoms with Crippen LogP contribution >= 0.6 is 0 Å². The molecule has 158 valence electrons. The van der Waals surface area contributed by atoms with E-state index in [2.05, 4.69) is 36.5 Å². The summed E-state index contributed by atoms with van der Waals surface area (Å²) in [5.74, 6) is -0.390. The Bertz CT molecular complexity index is 798. The molecule has 0 unspecified atom stereocenters. The predicted octanol–water partition coefficient (Wildman–Crippen LogP) is 1.12. The molecule has 0 fully saturated rings. The number of nitrogens with zero attached hydrogens (tertiary/aromatic N) is 4. The van der Waals surface area contributed by atoms with E-state index in [0.717, 1.165) is 12.1 Å². The monoisotopic (exact) mass is 403 g/mol. The first kappa shape index (κ1) is 23.7. The molecule has 6 N–H and O–H groups in total. The maximum atomic E-state index is 11.6. The van der Waals surface area contributed by atoms with E-state index in [4.69, 9.17) is 5.73 Å². The average molecular weight is 403 g/mol. The van der Waals surface area contributed by atoms with Gasteiger partial charge >= 0.3 is 0 Å². The molecule has 2 rings (SSSR count). The van der Waals surface area contributed by atoms with Crippen LogP contribution in [0.3, 0.4) is 0 Å². The molecule has 0 radical (unpaired) electrons. The summed E-state index contributed by atoms with van der Waals surface area (Å²) in [4.78, 5) is 28.7. The van der Waals surface area contributed by atoms with E-state index >= 15 is 0 Å². The van der Waals surface area contributed by atoms with Crippen LogP contribution < -0.4 is 21.9 Å². The fraction of sp³-hybridized carbons (Fsp3) is 0.389. The number of carbonyl (C=O) groups excluding carboxylic acids is 2. The van der Waals surface area contributed by atoms with Crippen molar-refractivity contribution in [2.75, 3.05) is 21.1 Å². The third-order valence-corrected chi connectivity index (χ3v) is 3.28. The minimum Gasteiger partial charge on any atom is -0.364 e. The summed E-state index contributed by atoms with van der Waals surface area (Å²) in [6.07, 6.45) is 1.34. The van der Waals surface area contributed by atoms with Gasteiger partial charge in [0.25, 0.3) is 11.8 Å². The summed E-state index contributed by atoms with van der Waals surface area (Å²) in [6.45, 7) is 4.63. The van der Waals surface area contributed by atoms with Gasteiger partial charge in [-0.3, -0.25) is 25.4 Å². The highest BCUT2D eigenvalue weighted by molar-refractivity contribution is 5.95. The van der Waals surface area contributed by atoms with Crippen molar-refractivity contribution in [1.29, 1.82) is 0 Å². The SMILES string of the molecule is CN(C)/N=N/c1[nH]cnc1C(N)=O.CNNCc1ccc(C(=O)NC(C)C)cc1. The van der Waals surface area contributed by atoms with Crippen molar-refractivity contribution >= 4 is 17.6 Å².